The van der Waals surface area contributed by atoms with Crippen LogP contribution in [-0.2, 0) is 0 Å². The van der Waals surface area contributed by atoms with Crippen molar-refractivity contribution in [2.75, 3.05) is 17.2 Å². The van der Waals surface area contributed by atoms with Gasteiger partial charge in [0, 0.05) is 12.1 Å². The summed E-state index contributed by atoms with van der Waals surface area (Å²) in [5.41, 5.74) is 0.223. The van der Waals surface area contributed by atoms with Crippen LogP contribution < -0.4 is 15.4 Å². The second-order valence-electron chi connectivity index (χ2n) is 4.64. The summed E-state index contributed by atoms with van der Waals surface area (Å²) in [5.74, 6) is -3.84. The fraction of sp³-hybridized carbons (Fsp3) is 0.308. The summed E-state index contributed by atoms with van der Waals surface area (Å²) in [4.78, 5) is 15.3. The van der Waals surface area contributed by atoms with E-state index in [2.05, 4.69) is 25.5 Å². The van der Waals surface area contributed by atoms with E-state index in [1.165, 1.54) is 12.1 Å². The highest BCUT2D eigenvalue weighted by Crippen LogP contribution is 2.24. The van der Waals surface area contributed by atoms with Crippen molar-refractivity contribution < 1.29 is 31.6 Å². The summed E-state index contributed by atoms with van der Waals surface area (Å²) in [6.45, 7) is 0.146. The molecule has 0 unspecified atom stereocenters. The minimum atomic E-state index is -4.27. The average molecular weight is 348 g/mol. The van der Waals surface area contributed by atoms with E-state index in [9.17, 15) is 22.4 Å². The maximum Gasteiger partial charge on any atom is 0.340 e. The maximum absolute atomic E-state index is 12.7. The molecule has 0 aliphatic carbocycles. The van der Waals surface area contributed by atoms with Crippen LogP contribution in [-0.4, -0.2) is 35.1 Å². The van der Waals surface area contributed by atoms with Gasteiger partial charge in [0.15, 0.2) is 12.4 Å². The first-order valence-electron chi connectivity index (χ1n) is 6.52. The van der Waals surface area contributed by atoms with Crippen molar-refractivity contribution in [2.45, 2.75) is 19.3 Å². The predicted molar refractivity (Wildman–Crippen MR) is 74.6 cm³/mol. The Morgan fingerprint density at radius 2 is 2.12 bits per heavy atom. The van der Waals surface area contributed by atoms with Crippen LogP contribution in [0.25, 0.3) is 0 Å². The van der Waals surface area contributed by atoms with Crippen LogP contribution in [0.4, 0.5) is 33.9 Å². The van der Waals surface area contributed by atoms with Gasteiger partial charge in [-0.3, -0.25) is 5.32 Å². The van der Waals surface area contributed by atoms with Crippen LogP contribution in [0.5, 0.6) is 5.88 Å². The molecule has 2 aromatic rings. The maximum atomic E-state index is 12.7. The van der Waals surface area contributed by atoms with Crippen molar-refractivity contribution in [3.8, 4) is 5.88 Å². The number of nitrogens with one attached hydrogen (secondary N) is 2. The minimum absolute atomic E-state index is 0.201. The van der Waals surface area contributed by atoms with Crippen molar-refractivity contribution in [3.63, 3.8) is 0 Å². The largest absolute Gasteiger partial charge is 0.471 e. The number of urea groups is 1. The molecule has 0 aliphatic rings. The Hall–Kier alpha value is -2.85. The number of anilines is 2. The topological polar surface area (TPSA) is 89.3 Å². The number of ether oxygens (including phenoxy) is 1. The number of rotatable bonds is 6. The van der Waals surface area contributed by atoms with E-state index in [-0.39, 0.29) is 17.4 Å². The van der Waals surface area contributed by atoms with Gasteiger partial charge >= 0.3 is 18.4 Å². The molecule has 0 spiro atoms. The van der Waals surface area contributed by atoms with Gasteiger partial charge in [-0.2, -0.15) is 8.78 Å². The van der Waals surface area contributed by atoms with Crippen LogP contribution in [0, 0.1) is 6.92 Å². The molecule has 2 amide bonds. The molecule has 0 radical (unpaired) electrons. The normalized spacial score (nSPS) is 11.4. The molecule has 0 atom stereocenters. The third kappa shape index (κ3) is 4.83. The number of aromatic nitrogens is 2. The third-order valence-corrected chi connectivity index (χ3v) is 2.60. The van der Waals surface area contributed by atoms with Crippen molar-refractivity contribution in [2.24, 2.45) is 0 Å². The molecule has 2 heterocycles. The Bertz CT molecular complexity index is 691. The van der Waals surface area contributed by atoms with Gasteiger partial charge in [-0.25, -0.2) is 18.6 Å². The van der Waals surface area contributed by atoms with E-state index >= 15 is 0 Å². The fourth-order valence-electron chi connectivity index (χ4n) is 1.48. The molecule has 0 saturated carbocycles. The van der Waals surface area contributed by atoms with Crippen molar-refractivity contribution >= 4 is 17.5 Å². The van der Waals surface area contributed by atoms with Crippen LogP contribution in [0.3, 0.4) is 0 Å². The third-order valence-electron chi connectivity index (χ3n) is 2.60. The lowest BCUT2D eigenvalue weighted by Crippen LogP contribution is -2.33. The van der Waals surface area contributed by atoms with Gasteiger partial charge in [0.1, 0.15) is 5.76 Å². The summed E-state index contributed by atoms with van der Waals surface area (Å²) < 4.78 is 58.7. The lowest BCUT2D eigenvalue weighted by Gasteiger charge is -2.15. The highest BCUT2D eigenvalue weighted by molar-refractivity contribution is 5.98. The first-order chi connectivity index (χ1) is 11.3. The number of carbonyl (C=O) groups excluding carboxylic acids is 1. The molecule has 24 heavy (non-hydrogen) atoms. The van der Waals surface area contributed by atoms with Crippen LogP contribution in [0.1, 0.15) is 5.76 Å². The lowest BCUT2D eigenvalue weighted by atomic mass is 10.4. The van der Waals surface area contributed by atoms with Crippen molar-refractivity contribution in [1.82, 2.24) is 10.1 Å². The monoisotopic (exact) mass is 348 g/mol. The number of halogens is 4. The molecule has 2 rings (SSSR count). The second kappa shape index (κ2) is 7.15. The Labute approximate surface area is 133 Å². The second-order valence-corrected chi connectivity index (χ2v) is 4.64. The zero-order chi connectivity index (χ0) is 17.7. The molecule has 0 aliphatic heterocycles. The Balaban J connectivity index is 1.86. The minimum Gasteiger partial charge on any atom is -0.471 e. The van der Waals surface area contributed by atoms with Gasteiger partial charge in [-0.1, -0.05) is 5.16 Å². The average Bonchev–Trinajstić information content (AvgIpc) is 2.91. The highest BCUT2D eigenvalue weighted by Gasteiger charge is 2.41. The molecule has 130 valence electrons. The summed E-state index contributed by atoms with van der Waals surface area (Å²) in [5, 5.41) is 8.34. The van der Waals surface area contributed by atoms with Gasteiger partial charge < -0.3 is 14.6 Å². The molecule has 2 aromatic heterocycles. The first-order valence-corrected chi connectivity index (χ1v) is 6.52. The standard InChI is InChI=1S/C13H12F4N4O3/c1-7-4-9(21-24-7)20-12(22)19-8-2-3-10(18-5-8)23-6-13(16,17)11(14)15/h2-5,11H,6H2,1H3,(H2,19,20,21,22). The molecule has 7 nitrogen and oxygen atoms in total. The highest BCUT2D eigenvalue weighted by atomic mass is 19.3. The smallest absolute Gasteiger partial charge is 0.340 e. The van der Waals surface area contributed by atoms with Crippen LogP contribution in [0.2, 0.25) is 0 Å². The Morgan fingerprint density at radius 3 is 2.67 bits per heavy atom. The number of pyridine rings is 1. The fourth-order valence-corrected chi connectivity index (χ4v) is 1.48. The number of amides is 2. The van der Waals surface area contributed by atoms with E-state index in [0.29, 0.717) is 5.76 Å². The lowest BCUT2D eigenvalue weighted by molar-refractivity contribution is -0.148. The van der Waals surface area contributed by atoms with Gasteiger partial charge in [-0.15, -0.1) is 0 Å². The van der Waals surface area contributed by atoms with Crippen LogP contribution in [0.15, 0.2) is 28.9 Å². The van der Waals surface area contributed by atoms with Gasteiger partial charge in [0.05, 0.1) is 11.9 Å². The van der Waals surface area contributed by atoms with Crippen molar-refractivity contribution in [3.05, 3.63) is 30.2 Å². The molecule has 0 saturated heterocycles. The zero-order valence-electron chi connectivity index (χ0n) is 12.2. The van der Waals surface area contributed by atoms with Gasteiger partial charge in [-0.05, 0) is 13.0 Å². The van der Waals surface area contributed by atoms with Gasteiger partial charge in [0.25, 0.3) is 0 Å². The molecular weight excluding hydrogens is 336 g/mol. The summed E-state index contributed by atoms with van der Waals surface area (Å²) in [6, 6.07) is 3.31. The molecule has 0 aromatic carbocycles. The van der Waals surface area contributed by atoms with Gasteiger partial charge in [0.2, 0.25) is 5.88 Å². The molecule has 0 fully saturated rings. The van der Waals surface area contributed by atoms with Crippen molar-refractivity contribution in [1.29, 1.82) is 0 Å². The number of nitrogens with zero attached hydrogens (tertiary/aromatic N) is 2. The number of hydrogen-bond acceptors (Lipinski definition) is 5. The number of aryl methyl sites for hydroxylation is 1. The predicted octanol–water partition coefficient (Wildman–Crippen LogP) is 3.30. The zero-order valence-corrected chi connectivity index (χ0v) is 12.2. The van der Waals surface area contributed by atoms with E-state index in [1.54, 1.807) is 6.92 Å². The van der Waals surface area contributed by atoms with E-state index in [0.717, 1.165) is 12.3 Å². The van der Waals surface area contributed by atoms with E-state index in [1.807, 2.05) is 0 Å². The summed E-state index contributed by atoms with van der Waals surface area (Å²) in [6.07, 6.45) is -2.72. The quantitative estimate of drug-likeness (QED) is 0.782. The number of hydrogen-bond donors (Lipinski definition) is 2. The van der Waals surface area contributed by atoms with E-state index < -0.39 is 25.0 Å². The summed E-state index contributed by atoms with van der Waals surface area (Å²) >= 11 is 0. The summed E-state index contributed by atoms with van der Waals surface area (Å²) in [7, 11) is 0. The molecule has 11 heteroatoms. The molecular formula is C13H12F4N4O3. The van der Waals surface area contributed by atoms with Crippen LogP contribution >= 0.6 is 0 Å². The first kappa shape index (κ1) is 17.5. The molecule has 2 N–H and O–H groups in total. The molecule has 0 bridgehead atoms. The Morgan fingerprint density at radius 1 is 1.38 bits per heavy atom. The number of alkyl halides is 4. The SMILES string of the molecule is Cc1cc(NC(=O)Nc2ccc(OCC(F)(F)C(F)F)nc2)no1. The Kier molecular flexibility index (Phi) is 5.21. The van der Waals surface area contributed by atoms with E-state index in [4.69, 9.17) is 4.52 Å². The number of carbonyl (C=O) groups is 1.